The van der Waals surface area contributed by atoms with Crippen molar-refractivity contribution in [3.05, 3.63) is 34.9 Å². The number of hydrogen-bond acceptors (Lipinski definition) is 4. The summed E-state index contributed by atoms with van der Waals surface area (Å²) in [5.41, 5.74) is 1.01. The van der Waals surface area contributed by atoms with Crippen LogP contribution in [0, 0.1) is 0 Å². The molecule has 0 spiro atoms. The maximum atomic E-state index is 11.4. The lowest BCUT2D eigenvalue weighted by molar-refractivity contribution is -0.150. The van der Waals surface area contributed by atoms with Crippen molar-refractivity contribution >= 4 is 23.5 Å². The second-order valence-electron chi connectivity index (χ2n) is 4.32. The van der Waals surface area contributed by atoms with Gasteiger partial charge in [0.1, 0.15) is 0 Å². The molecule has 0 N–H and O–H groups in total. The van der Waals surface area contributed by atoms with Crippen LogP contribution in [-0.4, -0.2) is 25.2 Å². The Bertz CT molecular complexity index is 445. The minimum Gasteiger partial charge on any atom is -0.466 e. The van der Waals surface area contributed by atoms with Gasteiger partial charge < -0.3 is 9.47 Å². The monoisotopic (exact) mass is 298 g/mol. The van der Waals surface area contributed by atoms with Crippen molar-refractivity contribution in [2.45, 2.75) is 32.6 Å². The number of benzene rings is 1. The number of ether oxygens (including phenoxy) is 2. The Labute approximate surface area is 124 Å². The van der Waals surface area contributed by atoms with Crippen LogP contribution in [0.2, 0.25) is 5.02 Å². The van der Waals surface area contributed by atoms with E-state index in [1.54, 1.807) is 6.07 Å². The van der Waals surface area contributed by atoms with E-state index >= 15 is 0 Å². The molecule has 20 heavy (non-hydrogen) atoms. The van der Waals surface area contributed by atoms with Gasteiger partial charge in [-0.15, -0.1) is 0 Å². The topological polar surface area (TPSA) is 52.6 Å². The Balaban J connectivity index is 2.15. The number of hydrogen-bond donors (Lipinski definition) is 0. The van der Waals surface area contributed by atoms with Gasteiger partial charge in [0.25, 0.3) is 0 Å². The van der Waals surface area contributed by atoms with Crippen LogP contribution in [0.1, 0.15) is 31.7 Å². The molecule has 0 radical (unpaired) electrons. The Morgan fingerprint density at radius 2 is 1.75 bits per heavy atom. The van der Waals surface area contributed by atoms with E-state index in [1.165, 1.54) is 0 Å². The molecule has 0 atom stereocenters. The molecular weight excluding hydrogens is 280 g/mol. The number of halogens is 1. The van der Waals surface area contributed by atoms with Crippen molar-refractivity contribution in [3.63, 3.8) is 0 Å². The average Bonchev–Trinajstić information content (AvgIpc) is 2.43. The molecule has 0 aliphatic rings. The highest BCUT2D eigenvalue weighted by Crippen LogP contribution is 2.11. The molecule has 0 heterocycles. The normalized spacial score (nSPS) is 10.1. The smallest absolute Gasteiger partial charge is 0.306 e. The van der Waals surface area contributed by atoms with Crippen LogP contribution in [-0.2, 0) is 25.5 Å². The third kappa shape index (κ3) is 7.14. The van der Waals surface area contributed by atoms with Crippen molar-refractivity contribution in [1.29, 1.82) is 0 Å². The first-order valence-electron chi connectivity index (χ1n) is 6.67. The molecule has 0 aliphatic heterocycles. The molecule has 1 rings (SSSR count). The first-order chi connectivity index (χ1) is 9.61. The maximum Gasteiger partial charge on any atom is 0.306 e. The molecule has 4 nitrogen and oxygen atoms in total. The molecule has 0 fully saturated rings. The zero-order chi connectivity index (χ0) is 14.8. The van der Waals surface area contributed by atoms with Gasteiger partial charge >= 0.3 is 11.9 Å². The third-order valence-corrected chi connectivity index (χ3v) is 2.78. The number of carbonyl (C=O) groups is 2. The largest absolute Gasteiger partial charge is 0.466 e. The summed E-state index contributed by atoms with van der Waals surface area (Å²) >= 11 is 5.85. The molecule has 0 bridgehead atoms. The van der Waals surface area contributed by atoms with Crippen LogP contribution in [0.5, 0.6) is 0 Å². The van der Waals surface area contributed by atoms with Crippen molar-refractivity contribution in [3.8, 4) is 0 Å². The molecule has 5 heteroatoms. The summed E-state index contributed by atoms with van der Waals surface area (Å²) in [6.45, 7) is 2.59. The summed E-state index contributed by atoms with van der Waals surface area (Å²) in [5.74, 6) is -0.751. The average molecular weight is 299 g/mol. The van der Waals surface area contributed by atoms with Gasteiger partial charge in [0.2, 0.25) is 0 Å². The third-order valence-electron chi connectivity index (χ3n) is 2.54. The van der Waals surface area contributed by atoms with E-state index in [0.29, 0.717) is 18.1 Å². The lowest BCUT2D eigenvalue weighted by Crippen LogP contribution is -2.12. The van der Waals surface area contributed by atoms with Gasteiger partial charge in [-0.3, -0.25) is 9.59 Å². The highest BCUT2D eigenvalue weighted by Gasteiger charge is 2.08. The summed E-state index contributed by atoms with van der Waals surface area (Å²) in [6.07, 6.45) is 1.50. The second-order valence-corrected chi connectivity index (χ2v) is 4.76. The zero-order valence-corrected chi connectivity index (χ0v) is 12.3. The van der Waals surface area contributed by atoms with Crippen molar-refractivity contribution < 1.29 is 19.1 Å². The molecule has 0 saturated heterocycles. The fourth-order valence-electron chi connectivity index (χ4n) is 1.54. The minimum absolute atomic E-state index is 0.0537. The lowest BCUT2D eigenvalue weighted by Gasteiger charge is -2.05. The van der Waals surface area contributed by atoms with E-state index in [-0.39, 0.29) is 31.4 Å². The predicted molar refractivity (Wildman–Crippen MR) is 76.6 cm³/mol. The summed E-state index contributed by atoms with van der Waals surface area (Å²) < 4.78 is 9.92. The molecule has 0 unspecified atom stereocenters. The van der Waals surface area contributed by atoms with E-state index < -0.39 is 0 Å². The SMILES string of the molecule is CCCOC(=O)CCC(=O)OCCc1cccc(Cl)c1. The minimum atomic E-state index is -0.388. The second kappa shape index (κ2) is 9.37. The Hall–Kier alpha value is -1.55. The number of rotatable bonds is 8. The standard InChI is InChI=1S/C15H19ClO4/c1-2-9-19-14(17)6-7-15(18)20-10-8-12-4-3-5-13(16)11-12/h3-5,11H,2,6-10H2,1H3. The molecule has 0 aliphatic carbocycles. The van der Waals surface area contributed by atoms with Crippen LogP contribution >= 0.6 is 11.6 Å². The molecule has 110 valence electrons. The van der Waals surface area contributed by atoms with E-state index in [1.807, 2.05) is 25.1 Å². The van der Waals surface area contributed by atoms with E-state index in [9.17, 15) is 9.59 Å². The first kappa shape index (κ1) is 16.5. The summed E-state index contributed by atoms with van der Waals surface area (Å²) in [7, 11) is 0. The summed E-state index contributed by atoms with van der Waals surface area (Å²) in [4.78, 5) is 22.6. The highest BCUT2D eigenvalue weighted by atomic mass is 35.5. The quantitative estimate of drug-likeness (QED) is 0.692. The van der Waals surface area contributed by atoms with Gasteiger partial charge in [-0.1, -0.05) is 30.7 Å². The number of carbonyl (C=O) groups excluding carboxylic acids is 2. The van der Waals surface area contributed by atoms with Crippen LogP contribution in [0.15, 0.2) is 24.3 Å². The van der Waals surface area contributed by atoms with Gasteiger partial charge in [-0.2, -0.15) is 0 Å². The Morgan fingerprint density at radius 1 is 1.10 bits per heavy atom. The highest BCUT2D eigenvalue weighted by molar-refractivity contribution is 6.30. The van der Waals surface area contributed by atoms with Gasteiger partial charge in [0.05, 0.1) is 26.1 Å². The van der Waals surface area contributed by atoms with Crippen LogP contribution in [0.25, 0.3) is 0 Å². The maximum absolute atomic E-state index is 11.4. The van der Waals surface area contributed by atoms with E-state index in [4.69, 9.17) is 21.1 Å². The summed E-state index contributed by atoms with van der Waals surface area (Å²) in [5, 5.41) is 0.660. The van der Waals surface area contributed by atoms with Crippen LogP contribution < -0.4 is 0 Å². The molecule has 1 aromatic carbocycles. The van der Waals surface area contributed by atoms with Gasteiger partial charge in [0.15, 0.2) is 0 Å². The first-order valence-corrected chi connectivity index (χ1v) is 7.05. The van der Waals surface area contributed by atoms with E-state index in [2.05, 4.69) is 0 Å². The summed E-state index contributed by atoms with van der Waals surface area (Å²) in [6, 6.07) is 7.39. The molecule has 0 amide bonds. The van der Waals surface area contributed by atoms with E-state index in [0.717, 1.165) is 12.0 Å². The molecular formula is C15H19ClO4. The predicted octanol–water partition coefficient (Wildman–Crippen LogP) is 3.16. The zero-order valence-electron chi connectivity index (χ0n) is 11.6. The Morgan fingerprint density at radius 3 is 2.35 bits per heavy atom. The van der Waals surface area contributed by atoms with Crippen LogP contribution in [0.3, 0.4) is 0 Å². The Kier molecular flexibility index (Phi) is 7.73. The fourth-order valence-corrected chi connectivity index (χ4v) is 1.75. The lowest BCUT2D eigenvalue weighted by atomic mass is 10.2. The molecule has 1 aromatic rings. The van der Waals surface area contributed by atoms with Crippen LogP contribution in [0.4, 0.5) is 0 Å². The molecule has 0 saturated carbocycles. The molecule has 0 aromatic heterocycles. The van der Waals surface area contributed by atoms with Crippen molar-refractivity contribution in [2.24, 2.45) is 0 Å². The number of esters is 2. The van der Waals surface area contributed by atoms with Crippen molar-refractivity contribution in [2.75, 3.05) is 13.2 Å². The van der Waals surface area contributed by atoms with Gasteiger partial charge in [-0.25, -0.2) is 0 Å². The van der Waals surface area contributed by atoms with Gasteiger partial charge in [-0.05, 0) is 24.1 Å². The van der Waals surface area contributed by atoms with Gasteiger partial charge in [0, 0.05) is 11.4 Å². The fraction of sp³-hybridized carbons (Fsp3) is 0.467. The van der Waals surface area contributed by atoms with Crippen molar-refractivity contribution in [1.82, 2.24) is 0 Å².